The van der Waals surface area contributed by atoms with Gasteiger partial charge in [-0.1, -0.05) is 6.07 Å². The fourth-order valence-corrected chi connectivity index (χ4v) is 1.39. The third-order valence-corrected chi connectivity index (χ3v) is 2.50. The molecule has 0 unspecified atom stereocenters. The van der Waals surface area contributed by atoms with E-state index < -0.39 is 0 Å². The van der Waals surface area contributed by atoms with Crippen LogP contribution >= 0.6 is 0 Å². The Kier molecular flexibility index (Phi) is 2.91. The van der Waals surface area contributed by atoms with Crippen molar-refractivity contribution in [1.29, 1.82) is 0 Å². The van der Waals surface area contributed by atoms with Crippen LogP contribution in [0.25, 0.3) is 0 Å². The lowest BCUT2D eigenvalue weighted by molar-refractivity contribution is 0.619. The summed E-state index contributed by atoms with van der Waals surface area (Å²) >= 11 is 0. The maximum Gasteiger partial charge on any atom is 0.255 e. The number of rotatable bonds is 2. The second kappa shape index (κ2) is 4.37. The Balaban J connectivity index is 2.35. The van der Waals surface area contributed by atoms with Crippen molar-refractivity contribution in [1.82, 2.24) is 9.97 Å². The molecule has 5 heteroatoms. The van der Waals surface area contributed by atoms with Gasteiger partial charge in [-0.3, -0.25) is 9.78 Å². The van der Waals surface area contributed by atoms with Gasteiger partial charge in [0.25, 0.3) is 5.56 Å². The van der Waals surface area contributed by atoms with Crippen molar-refractivity contribution in [2.75, 3.05) is 5.32 Å². The summed E-state index contributed by atoms with van der Waals surface area (Å²) in [7, 11) is 0. The summed E-state index contributed by atoms with van der Waals surface area (Å²) in [6, 6.07) is 4.70. The largest absolute Gasteiger partial charge is 0.325 e. The normalized spacial score (nSPS) is 10.3. The van der Waals surface area contributed by atoms with E-state index in [0.29, 0.717) is 22.8 Å². The second-order valence-electron chi connectivity index (χ2n) is 3.78. The lowest BCUT2D eigenvalue weighted by Gasteiger charge is -2.08. The van der Waals surface area contributed by atoms with Crippen molar-refractivity contribution in [3.05, 3.63) is 51.7 Å². The third-order valence-electron chi connectivity index (χ3n) is 2.50. The summed E-state index contributed by atoms with van der Waals surface area (Å²) in [5, 5.41) is 2.87. The average molecular weight is 233 g/mol. The maximum absolute atomic E-state index is 13.3. The zero-order valence-electron chi connectivity index (χ0n) is 9.54. The molecule has 2 aromatic rings. The van der Waals surface area contributed by atoms with Crippen LogP contribution in [0.15, 0.2) is 29.2 Å². The van der Waals surface area contributed by atoms with Crippen molar-refractivity contribution in [3.8, 4) is 0 Å². The minimum absolute atomic E-state index is 0.212. The molecule has 0 atom stereocenters. The Bertz CT molecular complexity index is 607. The molecule has 0 aliphatic carbocycles. The third kappa shape index (κ3) is 2.33. The van der Waals surface area contributed by atoms with Crippen molar-refractivity contribution < 1.29 is 4.39 Å². The van der Waals surface area contributed by atoms with Crippen LogP contribution in [-0.2, 0) is 0 Å². The van der Waals surface area contributed by atoms with Crippen LogP contribution in [0.1, 0.15) is 11.1 Å². The van der Waals surface area contributed by atoms with Crippen LogP contribution < -0.4 is 10.9 Å². The Hall–Kier alpha value is -2.17. The zero-order chi connectivity index (χ0) is 12.4. The number of aryl methyl sites for hydroxylation is 1. The number of halogens is 1. The molecular formula is C12H12FN3O. The predicted molar refractivity (Wildman–Crippen MR) is 64.0 cm³/mol. The second-order valence-corrected chi connectivity index (χ2v) is 3.78. The van der Waals surface area contributed by atoms with E-state index in [1.165, 1.54) is 12.3 Å². The van der Waals surface area contributed by atoms with E-state index in [2.05, 4.69) is 15.3 Å². The van der Waals surface area contributed by atoms with E-state index in [1.807, 2.05) is 0 Å². The average Bonchev–Trinajstić information content (AvgIpc) is 2.30. The van der Waals surface area contributed by atoms with Gasteiger partial charge in [0.2, 0.25) is 5.95 Å². The molecule has 4 nitrogen and oxygen atoms in total. The highest BCUT2D eigenvalue weighted by molar-refractivity contribution is 5.58. The van der Waals surface area contributed by atoms with Gasteiger partial charge in [-0.25, -0.2) is 9.37 Å². The monoisotopic (exact) mass is 233 g/mol. The van der Waals surface area contributed by atoms with E-state index in [1.54, 1.807) is 26.0 Å². The lowest BCUT2D eigenvalue weighted by atomic mass is 10.2. The number of anilines is 2. The molecule has 0 spiro atoms. The van der Waals surface area contributed by atoms with Crippen LogP contribution in [-0.4, -0.2) is 9.97 Å². The van der Waals surface area contributed by atoms with Gasteiger partial charge in [-0.15, -0.1) is 0 Å². The van der Waals surface area contributed by atoms with Gasteiger partial charge in [0.05, 0.1) is 0 Å². The van der Waals surface area contributed by atoms with Gasteiger partial charge in [0.1, 0.15) is 5.82 Å². The first-order valence-corrected chi connectivity index (χ1v) is 5.16. The fourth-order valence-electron chi connectivity index (χ4n) is 1.39. The Morgan fingerprint density at radius 1 is 1.35 bits per heavy atom. The first-order valence-electron chi connectivity index (χ1n) is 5.16. The number of aromatic amines is 1. The molecular weight excluding hydrogens is 221 g/mol. The van der Waals surface area contributed by atoms with Gasteiger partial charge in [0, 0.05) is 23.0 Å². The van der Waals surface area contributed by atoms with Crippen molar-refractivity contribution in [2.45, 2.75) is 13.8 Å². The quantitative estimate of drug-likeness (QED) is 0.836. The molecule has 88 valence electrons. The highest BCUT2D eigenvalue weighted by atomic mass is 19.1. The van der Waals surface area contributed by atoms with Crippen molar-refractivity contribution in [3.63, 3.8) is 0 Å². The standard InChI is InChI=1S/C12H12FN3O/c1-7-6-14-12(16-11(7)17)15-10-5-3-4-9(13)8(10)2/h3-6H,1-2H3,(H2,14,15,16,17). The minimum atomic E-state index is -0.301. The summed E-state index contributed by atoms with van der Waals surface area (Å²) < 4.78 is 13.3. The summed E-state index contributed by atoms with van der Waals surface area (Å²) in [5.41, 5.74) is 1.38. The molecule has 17 heavy (non-hydrogen) atoms. The number of nitrogens with zero attached hydrogens (tertiary/aromatic N) is 1. The summed E-state index contributed by atoms with van der Waals surface area (Å²) in [5.74, 6) is -0.00115. The lowest BCUT2D eigenvalue weighted by Crippen LogP contribution is -2.13. The van der Waals surface area contributed by atoms with Gasteiger partial charge in [-0.2, -0.15) is 0 Å². The van der Waals surface area contributed by atoms with E-state index in [-0.39, 0.29) is 11.4 Å². The number of aromatic nitrogens is 2. The molecule has 2 rings (SSSR count). The zero-order valence-corrected chi connectivity index (χ0v) is 9.54. The van der Waals surface area contributed by atoms with Crippen molar-refractivity contribution in [2.24, 2.45) is 0 Å². The fraction of sp³-hybridized carbons (Fsp3) is 0.167. The highest BCUT2D eigenvalue weighted by Crippen LogP contribution is 2.19. The van der Waals surface area contributed by atoms with Gasteiger partial charge in [0.15, 0.2) is 0 Å². The molecule has 2 N–H and O–H groups in total. The van der Waals surface area contributed by atoms with E-state index in [4.69, 9.17) is 0 Å². The smallest absolute Gasteiger partial charge is 0.255 e. The molecule has 0 amide bonds. The molecule has 0 aliphatic rings. The number of hydrogen-bond donors (Lipinski definition) is 2. The van der Waals surface area contributed by atoms with Crippen LogP contribution in [0, 0.1) is 19.7 Å². The molecule has 1 aromatic heterocycles. The summed E-state index contributed by atoms with van der Waals surface area (Å²) in [4.78, 5) is 18.0. The number of H-pyrrole nitrogens is 1. The van der Waals surface area contributed by atoms with Crippen molar-refractivity contribution >= 4 is 11.6 Å². The number of nitrogens with one attached hydrogen (secondary N) is 2. The first-order chi connectivity index (χ1) is 8.08. The molecule has 0 fully saturated rings. The predicted octanol–water partition coefficient (Wildman–Crippen LogP) is 2.27. The molecule has 1 aromatic carbocycles. The highest BCUT2D eigenvalue weighted by Gasteiger charge is 2.05. The molecule has 0 radical (unpaired) electrons. The van der Waals surface area contributed by atoms with E-state index >= 15 is 0 Å². The van der Waals surface area contributed by atoms with Crippen LogP contribution in [0.2, 0.25) is 0 Å². The molecule has 0 saturated heterocycles. The molecule has 0 saturated carbocycles. The first kappa shape index (κ1) is 11.3. The van der Waals surface area contributed by atoms with Crippen LogP contribution in [0.4, 0.5) is 16.0 Å². The SMILES string of the molecule is Cc1c(F)cccc1Nc1ncc(C)c(=O)[nH]1. The number of benzene rings is 1. The van der Waals surface area contributed by atoms with E-state index in [9.17, 15) is 9.18 Å². The summed E-state index contributed by atoms with van der Waals surface area (Å²) in [6.07, 6.45) is 1.47. The van der Waals surface area contributed by atoms with Gasteiger partial charge in [-0.05, 0) is 26.0 Å². The minimum Gasteiger partial charge on any atom is -0.325 e. The van der Waals surface area contributed by atoms with Crippen LogP contribution in [0.5, 0.6) is 0 Å². The summed E-state index contributed by atoms with van der Waals surface area (Å²) in [6.45, 7) is 3.33. The van der Waals surface area contributed by atoms with Gasteiger partial charge < -0.3 is 5.32 Å². The van der Waals surface area contributed by atoms with Gasteiger partial charge >= 0.3 is 0 Å². The maximum atomic E-state index is 13.3. The molecule has 0 aliphatic heterocycles. The Labute approximate surface area is 97.5 Å². The Morgan fingerprint density at radius 2 is 2.12 bits per heavy atom. The van der Waals surface area contributed by atoms with E-state index in [0.717, 1.165) is 0 Å². The van der Waals surface area contributed by atoms with Crippen LogP contribution in [0.3, 0.4) is 0 Å². The number of hydrogen-bond acceptors (Lipinski definition) is 3. The molecule has 0 bridgehead atoms. The molecule has 1 heterocycles. The topological polar surface area (TPSA) is 57.8 Å². The Morgan fingerprint density at radius 3 is 2.82 bits per heavy atom.